The van der Waals surface area contributed by atoms with Crippen molar-refractivity contribution < 1.29 is 4.42 Å². The van der Waals surface area contributed by atoms with Gasteiger partial charge in [0.25, 0.3) is 0 Å². The fourth-order valence-corrected chi connectivity index (χ4v) is 4.80. The molecule has 3 heterocycles. The number of para-hydroxylation sites is 1. The highest BCUT2D eigenvalue weighted by Crippen LogP contribution is 2.37. The molecule has 2 fully saturated rings. The zero-order valence-electron chi connectivity index (χ0n) is 15.3. The summed E-state index contributed by atoms with van der Waals surface area (Å²) in [6.07, 6.45) is 7.62. The van der Waals surface area contributed by atoms with E-state index in [4.69, 9.17) is 16.6 Å². The number of thiocarbonyl (C=S) groups is 1. The molecule has 0 aliphatic carbocycles. The molecule has 2 saturated heterocycles. The Balaban J connectivity index is 1.33. The van der Waals surface area contributed by atoms with Gasteiger partial charge >= 0.3 is 0 Å². The van der Waals surface area contributed by atoms with Crippen LogP contribution < -0.4 is 10.6 Å². The van der Waals surface area contributed by atoms with Crippen LogP contribution in [-0.2, 0) is 13.0 Å². The van der Waals surface area contributed by atoms with Crippen LogP contribution in [0.1, 0.15) is 43.9 Å². The van der Waals surface area contributed by atoms with Crippen molar-refractivity contribution in [2.75, 3.05) is 5.32 Å². The Morgan fingerprint density at radius 2 is 1.92 bits per heavy atom. The van der Waals surface area contributed by atoms with Gasteiger partial charge in [0, 0.05) is 23.8 Å². The largest absolute Gasteiger partial charge is 0.468 e. The Morgan fingerprint density at radius 3 is 2.62 bits per heavy atom. The first-order valence-electron chi connectivity index (χ1n) is 9.66. The zero-order chi connectivity index (χ0) is 17.9. The molecule has 3 atom stereocenters. The normalized spacial score (nSPS) is 25.2. The Bertz CT molecular complexity index is 731. The van der Waals surface area contributed by atoms with Crippen LogP contribution in [0, 0.1) is 0 Å². The second-order valence-electron chi connectivity index (χ2n) is 7.41. The number of rotatable bonds is 5. The molecular formula is C21H27N3OS. The Labute approximate surface area is 161 Å². The Morgan fingerprint density at radius 1 is 1.15 bits per heavy atom. The first-order valence-corrected chi connectivity index (χ1v) is 10.1. The molecule has 138 valence electrons. The predicted octanol–water partition coefficient (Wildman–Crippen LogP) is 4.32. The molecule has 0 amide bonds. The summed E-state index contributed by atoms with van der Waals surface area (Å²) in [4.78, 5) is 2.62. The van der Waals surface area contributed by atoms with Gasteiger partial charge in [-0.25, -0.2) is 0 Å². The van der Waals surface area contributed by atoms with Crippen molar-refractivity contribution in [3.05, 3.63) is 54.0 Å². The average Bonchev–Trinajstić information content (AvgIpc) is 3.22. The van der Waals surface area contributed by atoms with Gasteiger partial charge in [-0.3, -0.25) is 4.90 Å². The fourth-order valence-electron chi connectivity index (χ4n) is 4.53. The maximum Gasteiger partial charge on any atom is 0.171 e. The van der Waals surface area contributed by atoms with E-state index in [-0.39, 0.29) is 0 Å². The fraction of sp³-hybridized carbons (Fsp3) is 0.476. The summed E-state index contributed by atoms with van der Waals surface area (Å²) in [5.74, 6) is 1.07. The van der Waals surface area contributed by atoms with E-state index in [1.165, 1.54) is 18.4 Å². The van der Waals surface area contributed by atoms with Gasteiger partial charge < -0.3 is 15.1 Å². The van der Waals surface area contributed by atoms with E-state index in [0.717, 1.165) is 42.4 Å². The van der Waals surface area contributed by atoms with E-state index in [0.29, 0.717) is 18.1 Å². The van der Waals surface area contributed by atoms with E-state index >= 15 is 0 Å². The van der Waals surface area contributed by atoms with Crippen molar-refractivity contribution in [2.45, 2.75) is 63.7 Å². The van der Waals surface area contributed by atoms with Crippen molar-refractivity contribution in [1.82, 2.24) is 10.2 Å². The third-order valence-corrected chi connectivity index (χ3v) is 6.00. The summed E-state index contributed by atoms with van der Waals surface area (Å²) in [5, 5.41) is 7.71. The number of hydrogen-bond acceptors (Lipinski definition) is 3. The van der Waals surface area contributed by atoms with E-state index in [2.05, 4.69) is 52.8 Å². The molecule has 2 aliphatic rings. The van der Waals surface area contributed by atoms with Crippen LogP contribution in [0.4, 0.5) is 5.69 Å². The third kappa shape index (κ3) is 3.79. The van der Waals surface area contributed by atoms with Gasteiger partial charge in [-0.15, -0.1) is 0 Å². The monoisotopic (exact) mass is 369 g/mol. The molecule has 2 aromatic rings. The van der Waals surface area contributed by atoms with Crippen LogP contribution in [0.5, 0.6) is 0 Å². The summed E-state index contributed by atoms with van der Waals surface area (Å²) in [5.41, 5.74) is 2.41. The van der Waals surface area contributed by atoms with E-state index < -0.39 is 0 Å². The lowest BCUT2D eigenvalue weighted by Crippen LogP contribution is -2.50. The lowest BCUT2D eigenvalue weighted by atomic mass is 9.97. The first-order chi connectivity index (χ1) is 12.7. The van der Waals surface area contributed by atoms with Gasteiger partial charge in [0.15, 0.2) is 5.11 Å². The molecule has 4 rings (SSSR count). The van der Waals surface area contributed by atoms with Crippen molar-refractivity contribution >= 4 is 23.0 Å². The predicted molar refractivity (Wildman–Crippen MR) is 109 cm³/mol. The molecular weight excluding hydrogens is 342 g/mol. The summed E-state index contributed by atoms with van der Waals surface area (Å²) in [6.45, 7) is 3.10. The lowest BCUT2D eigenvalue weighted by Gasteiger charge is -2.39. The van der Waals surface area contributed by atoms with Gasteiger partial charge in [-0.2, -0.15) is 0 Å². The molecule has 2 bridgehead atoms. The molecule has 4 nitrogen and oxygen atoms in total. The maximum atomic E-state index is 5.59. The van der Waals surface area contributed by atoms with Crippen LogP contribution in [0.2, 0.25) is 0 Å². The van der Waals surface area contributed by atoms with Crippen LogP contribution in [0.15, 0.2) is 47.1 Å². The summed E-state index contributed by atoms with van der Waals surface area (Å²) in [6, 6.07) is 14.1. The number of aryl methyl sites for hydroxylation is 1. The number of nitrogens with one attached hydrogen (secondary N) is 2. The number of nitrogens with zero attached hydrogens (tertiary/aromatic N) is 1. The standard InChI is InChI=1S/C21H27N3OS/c1-2-15-6-3-4-8-20(15)23-21(26)22-16-12-17-9-10-18(13-16)24(17)14-19-7-5-11-25-19/h3-8,11,16-18H,2,9-10,12-14H2,1H3,(H2,22,23,26)/t16?,17-,18+. The van der Waals surface area contributed by atoms with Gasteiger partial charge in [0.1, 0.15) is 5.76 Å². The minimum atomic E-state index is 0.453. The number of piperidine rings is 1. The zero-order valence-corrected chi connectivity index (χ0v) is 16.1. The van der Waals surface area contributed by atoms with Gasteiger partial charge in [0.2, 0.25) is 0 Å². The van der Waals surface area contributed by atoms with Crippen LogP contribution >= 0.6 is 12.2 Å². The number of benzene rings is 1. The number of fused-ring (bicyclic) bond motifs is 2. The Hall–Kier alpha value is -1.85. The molecule has 1 aromatic heterocycles. The van der Waals surface area contributed by atoms with Crippen molar-refractivity contribution in [1.29, 1.82) is 0 Å². The molecule has 0 saturated carbocycles. The van der Waals surface area contributed by atoms with E-state index in [1.54, 1.807) is 6.26 Å². The molecule has 2 N–H and O–H groups in total. The van der Waals surface area contributed by atoms with Crippen LogP contribution in [0.25, 0.3) is 0 Å². The van der Waals surface area contributed by atoms with Crippen molar-refractivity contribution in [3.63, 3.8) is 0 Å². The third-order valence-electron chi connectivity index (χ3n) is 5.78. The minimum Gasteiger partial charge on any atom is -0.468 e. The van der Waals surface area contributed by atoms with E-state index in [9.17, 15) is 0 Å². The molecule has 2 aliphatic heterocycles. The smallest absolute Gasteiger partial charge is 0.171 e. The molecule has 1 aromatic carbocycles. The Kier molecular flexibility index (Phi) is 5.27. The summed E-state index contributed by atoms with van der Waals surface area (Å²) in [7, 11) is 0. The topological polar surface area (TPSA) is 40.4 Å². The lowest BCUT2D eigenvalue weighted by molar-refractivity contribution is 0.106. The summed E-state index contributed by atoms with van der Waals surface area (Å²) < 4.78 is 5.55. The summed E-state index contributed by atoms with van der Waals surface area (Å²) >= 11 is 5.59. The molecule has 5 heteroatoms. The second-order valence-corrected chi connectivity index (χ2v) is 7.82. The minimum absolute atomic E-state index is 0.453. The van der Waals surface area contributed by atoms with Gasteiger partial charge in [-0.05, 0) is 68.1 Å². The molecule has 1 unspecified atom stereocenters. The highest BCUT2D eigenvalue weighted by Gasteiger charge is 2.41. The number of furan rings is 1. The number of hydrogen-bond donors (Lipinski definition) is 2. The number of anilines is 1. The van der Waals surface area contributed by atoms with Gasteiger partial charge in [0.05, 0.1) is 12.8 Å². The highest BCUT2D eigenvalue weighted by atomic mass is 32.1. The first kappa shape index (κ1) is 17.6. The average molecular weight is 370 g/mol. The van der Waals surface area contributed by atoms with E-state index in [1.807, 2.05) is 6.07 Å². The van der Waals surface area contributed by atoms with Crippen molar-refractivity contribution in [2.24, 2.45) is 0 Å². The molecule has 0 radical (unpaired) electrons. The molecule has 0 spiro atoms. The van der Waals surface area contributed by atoms with Crippen LogP contribution in [0.3, 0.4) is 0 Å². The van der Waals surface area contributed by atoms with Crippen LogP contribution in [-0.4, -0.2) is 28.1 Å². The second kappa shape index (κ2) is 7.80. The molecule has 26 heavy (non-hydrogen) atoms. The van der Waals surface area contributed by atoms with Gasteiger partial charge in [-0.1, -0.05) is 25.1 Å². The quantitative estimate of drug-likeness (QED) is 0.768. The maximum absolute atomic E-state index is 5.59. The SMILES string of the molecule is CCc1ccccc1NC(=S)NC1C[C@H]2CC[C@@H](C1)N2Cc1ccco1. The highest BCUT2D eigenvalue weighted by molar-refractivity contribution is 7.80. The van der Waals surface area contributed by atoms with Crippen molar-refractivity contribution in [3.8, 4) is 0 Å².